The van der Waals surface area contributed by atoms with Gasteiger partial charge in [-0.05, 0) is 20.3 Å². The molecule has 1 aliphatic heterocycles. The van der Waals surface area contributed by atoms with Gasteiger partial charge in [-0.25, -0.2) is 9.59 Å². The lowest BCUT2D eigenvalue weighted by molar-refractivity contribution is -0.213. The van der Waals surface area contributed by atoms with Crippen molar-refractivity contribution in [1.29, 1.82) is 0 Å². The zero-order chi connectivity index (χ0) is 13.9. The van der Waals surface area contributed by atoms with E-state index in [1.165, 1.54) is 6.92 Å². The molecule has 6 nitrogen and oxygen atoms in total. The molecule has 1 fully saturated rings. The van der Waals surface area contributed by atoms with Crippen molar-refractivity contribution in [2.24, 2.45) is 5.41 Å². The Morgan fingerprint density at radius 2 is 1.72 bits per heavy atom. The SMILES string of the molecule is CCC1(C(C(=O)O)=C(C)C(=O)O)COC(C)OC1. The fourth-order valence-electron chi connectivity index (χ4n) is 2.06. The van der Waals surface area contributed by atoms with Crippen LogP contribution in [0.1, 0.15) is 27.2 Å². The molecule has 0 aromatic heterocycles. The van der Waals surface area contributed by atoms with E-state index < -0.39 is 23.6 Å². The van der Waals surface area contributed by atoms with Crippen LogP contribution in [0, 0.1) is 5.41 Å². The lowest BCUT2D eigenvalue weighted by atomic mass is 9.76. The van der Waals surface area contributed by atoms with Crippen LogP contribution in [0.2, 0.25) is 0 Å². The molecule has 0 saturated carbocycles. The molecule has 2 N–H and O–H groups in total. The summed E-state index contributed by atoms with van der Waals surface area (Å²) in [7, 11) is 0. The van der Waals surface area contributed by atoms with Crippen LogP contribution in [0.15, 0.2) is 11.1 Å². The minimum atomic E-state index is -1.24. The first-order valence-corrected chi connectivity index (χ1v) is 5.75. The van der Waals surface area contributed by atoms with E-state index in [4.69, 9.17) is 14.6 Å². The Kier molecular flexibility index (Phi) is 4.48. The quantitative estimate of drug-likeness (QED) is 0.737. The van der Waals surface area contributed by atoms with Gasteiger partial charge in [0.25, 0.3) is 0 Å². The van der Waals surface area contributed by atoms with E-state index in [0.29, 0.717) is 6.42 Å². The third-order valence-corrected chi connectivity index (χ3v) is 3.31. The van der Waals surface area contributed by atoms with Crippen LogP contribution >= 0.6 is 0 Å². The Labute approximate surface area is 105 Å². The normalized spacial score (nSPS) is 29.6. The molecule has 1 rings (SSSR count). The molecule has 18 heavy (non-hydrogen) atoms. The van der Waals surface area contributed by atoms with Crippen LogP contribution in [0.3, 0.4) is 0 Å². The van der Waals surface area contributed by atoms with Crippen molar-refractivity contribution in [3.05, 3.63) is 11.1 Å². The van der Waals surface area contributed by atoms with E-state index in [-0.39, 0.29) is 24.4 Å². The number of ether oxygens (including phenoxy) is 2. The van der Waals surface area contributed by atoms with Gasteiger partial charge in [-0.1, -0.05) is 6.92 Å². The monoisotopic (exact) mass is 258 g/mol. The maximum absolute atomic E-state index is 11.4. The molecule has 0 unspecified atom stereocenters. The Morgan fingerprint density at radius 1 is 1.22 bits per heavy atom. The van der Waals surface area contributed by atoms with E-state index in [0.717, 1.165) is 0 Å². The van der Waals surface area contributed by atoms with Crippen LogP contribution in [-0.4, -0.2) is 41.7 Å². The molecule has 0 bridgehead atoms. The molecule has 0 aliphatic carbocycles. The van der Waals surface area contributed by atoms with E-state index in [2.05, 4.69) is 0 Å². The third kappa shape index (κ3) is 2.70. The summed E-state index contributed by atoms with van der Waals surface area (Å²) in [4.78, 5) is 22.4. The van der Waals surface area contributed by atoms with Gasteiger partial charge in [0.1, 0.15) is 0 Å². The number of carboxylic acids is 2. The van der Waals surface area contributed by atoms with E-state index in [1.54, 1.807) is 13.8 Å². The number of hydrogen-bond acceptors (Lipinski definition) is 4. The highest BCUT2D eigenvalue weighted by molar-refractivity contribution is 5.99. The van der Waals surface area contributed by atoms with Crippen molar-refractivity contribution in [3.8, 4) is 0 Å². The zero-order valence-electron chi connectivity index (χ0n) is 10.7. The van der Waals surface area contributed by atoms with Crippen molar-refractivity contribution in [2.75, 3.05) is 13.2 Å². The summed E-state index contributed by atoms with van der Waals surface area (Å²) in [5.41, 5.74) is -1.21. The highest BCUT2D eigenvalue weighted by Gasteiger charge is 2.43. The summed E-state index contributed by atoms with van der Waals surface area (Å²) in [6.07, 6.45) is 0.0382. The molecule has 0 radical (unpaired) electrons. The van der Waals surface area contributed by atoms with Crippen LogP contribution in [0.25, 0.3) is 0 Å². The molecule has 0 atom stereocenters. The number of carboxylic acid groups (broad SMARTS) is 2. The molecule has 6 heteroatoms. The molecule has 0 amide bonds. The first-order valence-electron chi connectivity index (χ1n) is 5.75. The van der Waals surface area contributed by atoms with Crippen molar-refractivity contribution < 1.29 is 29.3 Å². The maximum atomic E-state index is 11.4. The molecule has 1 saturated heterocycles. The number of carbonyl (C=O) groups is 2. The molecular formula is C12H18O6. The van der Waals surface area contributed by atoms with Crippen molar-refractivity contribution in [3.63, 3.8) is 0 Å². The second-order valence-corrected chi connectivity index (χ2v) is 4.43. The lowest BCUT2D eigenvalue weighted by Gasteiger charge is -2.39. The number of rotatable bonds is 4. The molecule has 102 valence electrons. The maximum Gasteiger partial charge on any atom is 0.332 e. The van der Waals surface area contributed by atoms with Crippen LogP contribution in [0.5, 0.6) is 0 Å². The summed E-state index contributed by atoms with van der Waals surface area (Å²) in [6, 6.07) is 0. The Morgan fingerprint density at radius 3 is 2.06 bits per heavy atom. The predicted octanol–water partition coefficient (Wildman–Crippen LogP) is 1.26. The average Bonchev–Trinajstić information content (AvgIpc) is 2.31. The van der Waals surface area contributed by atoms with Gasteiger partial charge in [0.05, 0.1) is 18.8 Å². The standard InChI is InChI=1S/C12H18O6/c1-4-12(5-17-8(3)18-6-12)9(11(15)16)7(2)10(13)14/h8H,4-6H2,1-3H3,(H,13,14)(H,15,16). The van der Waals surface area contributed by atoms with E-state index in [1.807, 2.05) is 0 Å². The average molecular weight is 258 g/mol. The van der Waals surface area contributed by atoms with Crippen LogP contribution in [0.4, 0.5) is 0 Å². The first-order chi connectivity index (χ1) is 8.34. The van der Waals surface area contributed by atoms with Crippen LogP contribution in [-0.2, 0) is 19.1 Å². The number of aliphatic carboxylic acids is 2. The third-order valence-electron chi connectivity index (χ3n) is 3.31. The van der Waals surface area contributed by atoms with Gasteiger partial charge >= 0.3 is 11.9 Å². The van der Waals surface area contributed by atoms with Crippen molar-refractivity contribution in [2.45, 2.75) is 33.5 Å². The largest absolute Gasteiger partial charge is 0.478 e. The smallest absolute Gasteiger partial charge is 0.332 e. The fraction of sp³-hybridized carbons (Fsp3) is 0.667. The molecule has 0 spiro atoms. The Bertz CT molecular complexity index is 376. The van der Waals surface area contributed by atoms with Gasteiger partial charge in [-0.2, -0.15) is 0 Å². The van der Waals surface area contributed by atoms with E-state index in [9.17, 15) is 14.7 Å². The topological polar surface area (TPSA) is 93.1 Å². The minimum Gasteiger partial charge on any atom is -0.478 e. The van der Waals surface area contributed by atoms with Crippen molar-refractivity contribution in [1.82, 2.24) is 0 Å². The van der Waals surface area contributed by atoms with Gasteiger partial charge in [0, 0.05) is 11.0 Å². The molecule has 0 aromatic carbocycles. The van der Waals surface area contributed by atoms with Gasteiger partial charge in [-0.15, -0.1) is 0 Å². The molecule has 1 aliphatic rings. The summed E-state index contributed by atoms with van der Waals surface area (Å²) < 4.78 is 10.7. The predicted molar refractivity (Wildman–Crippen MR) is 62.1 cm³/mol. The summed E-state index contributed by atoms with van der Waals surface area (Å²) >= 11 is 0. The lowest BCUT2D eigenvalue weighted by Crippen LogP contribution is -2.44. The zero-order valence-corrected chi connectivity index (χ0v) is 10.7. The summed E-state index contributed by atoms with van der Waals surface area (Å²) in [5.74, 6) is -2.47. The van der Waals surface area contributed by atoms with Crippen molar-refractivity contribution >= 4 is 11.9 Å². The van der Waals surface area contributed by atoms with Crippen LogP contribution < -0.4 is 0 Å². The Hall–Kier alpha value is -1.40. The minimum absolute atomic E-state index is 0.135. The summed E-state index contributed by atoms with van der Waals surface area (Å²) in [5, 5.41) is 18.3. The summed E-state index contributed by atoms with van der Waals surface area (Å²) in [6.45, 7) is 5.10. The van der Waals surface area contributed by atoms with Gasteiger partial charge in [0.15, 0.2) is 6.29 Å². The highest BCUT2D eigenvalue weighted by Crippen LogP contribution is 2.37. The Balaban J connectivity index is 3.22. The highest BCUT2D eigenvalue weighted by atomic mass is 16.7. The number of hydrogen-bond donors (Lipinski definition) is 2. The van der Waals surface area contributed by atoms with E-state index >= 15 is 0 Å². The second-order valence-electron chi connectivity index (χ2n) is 4.43. The van der Waals surface area contributed by atoms with Gasteiger partial charge < -0.3 is 19.7 Å². The molecule has 1 heterocycles. The second kappa shape index (κ2) is 5.49. The van der Waals surface area contributed by atoms with Gasteiger partial charge in [-0.3, -0.25) is 0 Å². The van der Waals surface area contributed by atoms with Gasteiger partial charge in [0.2, 0.25) is 0 Å². The fourth-order valence-corrected chi connectivity index (χ4v) is 2.06. The molecule has 0 aromatic rings. The molecular weight excluding hydrogens is 240 g/mol. The first kappa shape index (κ1) is 14.7.